The van der Waals surface area contributed by atoms with E-state index in [0.717, 1.165) is 5.56 Å². The predicted molar refractivity (Wildman–Crippen MR) is 66.1 cm³/mol. The normalized spacial score (nSPS) is 12.1. The summed E-state index contributed by atoms with van der Waals surface area (Å²) in [5.41, 5.74) is 0.899. The number of carboxylic acid groups (broad SMARTS) is 1. The van der Waals surface area contributed by atoms with Crippen molar-refractivity contribution >= 4 is 23.4 Å². The van der Waals surface area contributed by atoms with Gasteiger partial charge in [0, 0.05) is 23.1 Å². The summed E-state index contributed by atoms with van der Waals surface area (Å²) >= 11 is 1.47. The third-order valence-corrected chi connectivity index (χ3v) is 3.35. The topological polar surface area (TPSA) is 80.4 Å². The number of hydrogen-bond acceptors (Lipinski definition) is 4. The second-order valence-corrected chi connectivity index (χ2v) is 5.07. The fourth-order valence-electron chi connectivity index (χ4n) is 1.30. The van der Waals surface area contributed by atoms with Crippen LogP contribution in [0.3, 0.4) is 0 Å². The molecule has 1 unspecified atom stereocenters. The van der Waals surface area contributed by atoms with Gasteiger partial charge < -0.3 is 5.11 Å². The number of benzene rings is 1. The monoisotopic (exact) mass is 255 g/mol. The van der Waals surface area contributed by atoms with Crippen LogP contribution in [0.1, 0.15) is 18.9 Å². The van der Waals surface area contributed by atoms with E-state index >= 15 is 0 Å². The summed E-state index contributed by atoms with van der Waals surface area (Å²) < 4.78 is 0. The molecular formula is C11H13NO4S. The highest BCUT2D eigenvalue weighted by Gasteiger charge is 2.10. The Labute approximate surface area is 103 Å². The number of non-ortho nitro benzene ring substituents is 1. The molecule has 92 valence electrons. The molecule has 5 nitrogen and oxygen atoms in total. The van der Waals surface area contributed by atoms with Gasteiger partial charge in [-0.05, 0) is 5.56 Å². The van der Waals surface area contributed by atoms with Crippen molar-refractivity contribution in [2.75, 3.05) is 0 Å². The lowest BCUT2D eigenvalue weighted by atomic mass is 10.2. The molecule has 0 aromatic heterocycles. The van der Waals surface area contributed by atoms with E-state index in [1.54, 1.807) is 12.1 Å². The molecule has 1 N–H and O–H groups in total. The molecule has 0 fully saturated rings. The third-order valence-electron chi connectivity index (χ3n) is 2.12. The minimum atomic E-state index is -0.830. The number of thioether (sulfide) groups is 1. The molecule has 0 radical (unpaired) electrons. The number of hydrogen-bond donors (Lipinski definition) is 1. The molecule has 1 aromatic rings. The number of carboxylic acids is 1. The van der Waals surface area contributed by atoms with Crippen LogP contribution in [0.25, 0.3) is 0 Å². The van der Waals surface area contributed by atoms with Gasteiger partial charge in [0.05, 0.1) is 11.3 Å². The van der Waals surface area contributed by atoms with Gasteiger partial charge in [0.2, 0.25) is 0 Å². The summed E-state index contributed by atoms with van der Waals surface area (Å²) in [6.07, 6.45) is 0.0968. The molecule has 1 rings (SSSR count). The van der Waals surface area contributed by atoms with Crippen LogP contribution in [-0.2, 0) is 10.5 Å². The zero-order valence-electron chi connectivity index (χ0n) is 9.33. The first kappa shape index (κ1) is 13.5. The van der Waals surface area contributed by atoms with Crippen molar-refractivity contribution in [3.63, 3.8) is 0 Å². The first-order chi connectivity index (χ1) is 7.99. The average Bonchev–Trinajstić information content (AvgIpc) is 2.26. The molecule has 17 heavy (non-hydrogen) atoms. The van der Waals surface area contributed by atoms with Gasteiger partial charge in [-0.15, -0.1) is 0 Å². The summed E-state index contributed by atoms with van der Waals surface area (Å²) in [5, 5.41) is 19.1. The Hall–Kier alpha value is -1.56. The van der Waals surface area contributed by atoms with Gasteiger partial charge in [-0.3, -0.25) is 14.9 Å². The van der Waals surface area contributed by atoms with E-state index in [2.05, 4.69) is 0 Å². The summed E-state index contributed by atoms with van der Waals surface area (Å²) in [7, 11) is 0. The first-order valence-electron chi connectivity index (χ1n) is 5.05. The number of rotatable bonds is 6. The highest BCUT2D eigenvalue weighted by molar-refractivity contribution is 7.99. The Morgan fingerprint density at radius 1 is 1.59 bits per heavy atom. The Morgan fingerprint density at radius 2 is 2.29 bits per heavy atom. The van der Waals surface area contributed by atoms with Crippen molar-refractivity contribution < 1.29 is 14.8 Å². The van der Waals surface area contributed by atoms with Gasteiger partial charge >= 0.3 is 5.97 Å². The Kier molecular flexibility index (Phi) is 4.96. The van der Waals surface area contributed by atoms with Gasteiger partial charge in [0.15, 0.2) is 0 Å². The molecule has 1 aromatic carbocycles. The smallest absolute Gasteiger partial charge is 0.304 e. The molecule has 0 amide bonds. The highest BCUT2D eigenvalue weighted by Crippen LogP contribution is 2.22. The van der Waals surface area contributed by atoms with Gasteiger partial charge in [-0.1, -0.05) is 19.1 Å². The number of nitrogens with zero attached hydrogens (tertiary/aromatic N) is 1. The molecule has 0 spiro atoms. The maximum Gasteiger partial charge on any atom is 0.304 e. The number of aliphatic carboxylic acids is 1. The number of nitro groups is 1. The standard InChI is InChI=1S/C11H13NO4S/c1-8(5-11(13)14)17-7-9-3-2-4-10(6-9)12(15)16/h2-4,6,8H,5,7H2,1H3,(H,13,14). The summed E-state index contributed by atoms with van der Waals surface area (Å²) in [6, 6.07) is 6.39. The van der Waals surface area contributed by atoms with E-state index in [-0.39, 0.29) is 17.4 Å². The molecule has 0 saturated carbocycles. The lowest BCUT2D eigenvalue weighted by Crippen LogP contribution is -2.05. The molecule has 0 bridgehead atoms. The first-order valence-corrected chi connectivity index (χ1v) is 6.10. The minimum absolute atomic E-state index is 0.00763. The molecule has 1 atom stereocenters. The molecule has 0 aliphatic carbocycles. The summed E-state index contributed by atoms with van der Waals surface area (Å²) in [6.45, 7) is 1.83. The maximum absolute atomic E-state index is 10.6. The molecule has 0 saturated heterocycles. The van der Waals surface area contributed by atoms with Crippen LogP contribution in [0, 0.1) is 10.1 Å². The van der Waals surface area contributed by atoms with Gasteiger partial charge in [-0.25, -0.2) is 0 Å². The van der Waals surface area contributed by atoms with Crippen LogP contribution in [-0.4, -0.2) is 21.2 Å². The Balaban J connectivity index is 2.54. The van der Waals surface area contributed by atoms with Gasteiger partial charge in [-0.2, -0.15) is 11.8 Å². The lowest BCUT2D eigenvalue weighted by molar-refractivity contribution is -0.384. The number of nitro benzene ring substituents is 1. The van der Waals surface area contributed by atoms with Gasteiger partial charge in [0.25, 0.3) is 5.69 Å². The second-order valence-electron chi connectivity index (χ2n) is 3.65. The van der Waals surface area contributed by atoms with Crippen molar-refractivity contribution in [3.05, 3.63) is 39.9 Å². The second kappa shape index (κ2) is 6.24. The van der Waals surface area contributed by atoms with Crippen LogP contribution >= 0.6 is 11.8 Å². The van der Waals surface area contributed by atoms with Crippen molar-refractivity contribution in [2.24, 2.45) is 0 Å². The molecular weight excluding hydrogens is 242 g/mol. The van der Waals surface area contributed by atoms with E-state index in [4.69, 9.17) is 5.11 Å². The summed E-state index contributed by atoms with van der Waals surface area (Å²) in [4.78, 5) is 20.6. The SMILES string of the molecule is CC(CC(=O)O)SCc1cccc([N+](=O)[O-])c1. The van der Waals surface area contributed by atoms with Crippen LogP contribution in [0.2, 0.25) is 0 Å². The van der Waals surface area contributed by atoms with E-state index in [9.17, 15) is 14.9 Å². The zero-order chi connectivity index (χ0) is 12.8. The largest absolute Gasteiger partial charge is 0.481 e. The molecule has 0 aliphatic heterocycles. The third kappa shape index (κ3) is 4.86. The quantitative estimate of drug-likeness (QED) is 0.624. The highest BCUT2D eigenvalue weighted by atomic mass is 32.2. The van der Waals surface area contributed by atoms with Crippen molar-refractivity contribution in [3.8, 4) is 0 Å². The van der Waals surface area contributed by atoms with E-state index < -0.39 is 10.9 Å². The fourth-order valence-corrected chi connectivity index (χ4v) is 2.22. The van der Waals surface area contributed by atoms with E-state index in [1.165, 1.54) is 23.9 Å². The Morgan fingerprint density at radius 3 is 2.88 bits per heavy atom. The maximum atomic E-state index is 10.6. The minimum Gasteiger partial charge on any atom is -0.481 e. The van der Waals surface area contributed by atoms with Crippen molar-refractivity contribution in [1.29, 1.82) is 0 Å². The fraction of sp³-hybridized carbons (Fsp3) is 0.364. The van der Waals surface area contributed by atoms with Crippen LogP contribution in [0.5, 0.6) is 0 Å². The van der Waals surface area contributed by atoms with Crippen LogP contribution < -0.4 is 0 Å². The predicted octanol–water partition coefficient (Wildman–Crippen LogP) is 2.69. The lowest BCUT2D eigenvalue weighted by Gasteiger charge is -2.07. The molecule has 6 heteroatoms. The molecule has 0 aliphatic rings. The molecule has 0 heterocycles. The average molecular weight is 255 g/mol. The Bertz CT molecular complexity index is 422. The van der Waals surface area contributed by atoms with Crippen LogP contribution in [0.4, 0.5) is 5.69 Å². The van der Waals surface area contributed by atoms with E-state index in [1.807, 2.05) is 6.92 Å². The van der Waals surface area contributed by atoms with Crippen molar-refractivity contribution in [1.82, 2.24) is 0 Å². The van der Waals surface area contributed by atoms with Gasteiger partial charge in [0.1, 0.15) is 0 Å². The van der Waals surface area contributed by atoms with Crippen LogP contribution in [0.15, 0.2) is 24.3 Å². The number of carbonyl (C=O) groups is 1. The zero-order valence-corrected chi connectivity index (χ0v) is 10.1. The van der Waals surface area contributed by atoms with E-state index in [0.29, 0.717) is 5.75 Å². The summed E-state index contributed by atoms with van der Waals surface area (Å²) in [5.74, 6) is -0.250. The van der Waals surface area contributed by atoms with Crippen molar-refractivity contribution in [2.45, 2.75) is 24.3 Å².